The number of hydrogen-bond acceptors (Lipinski definition) is 4. The van der Waals surface area contributed by atoms with Crippen molar-refractivity contribution in [1.29, 1.82) is 0 Å². The van der Waals surface area contributed by atoms with Crippen LogP contribution in [0.4, 0.5) is 4.39 Å². The SMILES string of the molecule is O=C(NCc1nncn1-c1ccccc1)[C@H]1CCCN(C(=O)Cc2ccc(F)cc2)C1. The first-order valence-corrected chi connectivity index (χ1v) is 10.3. The van der Waals surface area contributed by atoms with Gasteiger partial charge in [-0.1, -0.05) is 30.3 Å². The third kappa shape index (κ3) is 5.14. The van der Waals surface area contributed by atoms with E-state index in [-0.39, 0.29) is 36.5 Å². The summed E-state index contributed by atoms with van der Waals surface area (Å²) < 4.78 is 14.9. The Bertz CT molecular complexity index is 1040. The molecule has 4 rings (SSSR count). The maximum Gasteiger partial charge on any atom is 0.227 e. The fraction of sp³-hybridized carbons (Fsp3) is 0.304. The molecule has 1 atom stereocenters. The standard InChI is InChI=1S/C23H24FN5O2/c24-19-10-8-17(9-11-19)13-22(30)28-12-4-5-18(15-28)23(31)25-14-21-27-26-16-29(21)20-6-2-1-3-7-20/h1-3,6-11,16,18H,4-5,12-15H2,(H,25,31)/t18-/m0/s1. The Morgan fingerprint density at radius 1 is 1.10 bits per heavy atom. The molecule has 0 saturated carbocycles. The fourth-order valence-electron chi connectivity index (χ4n) is 3.80. The molecule has 2 amide bonds. The van der Waals surface area contributed by atoms with E-state index in [9.17, 15) is 14.0 Å². The highest BCUT2D eigenvalue weighted by Crippen LogP contribution is 2.18. The molecule has 3 aromatic rings. The molecule has 31 heavy (non-hydrogen) atoms. The Labute approximate surface area is 179 Å². The van der Waals surface area contributed by atoms with Crippen molar-refractivity contribution < 1.29 is 14.0 Å². The van der Waals surface area contributed by atoms with E-state index < -0.39 is 0 Å². The first-order valence-electron chi connectivity index (χ1n) is 10.3. The Kier molecular flexibility index (Phi) is 6.35. The summed E-state index contributed by atoms with van der Waals surface area (Å²) in [6, 6.07) is 15.6. The summed E-state index contributed by atoms with van der Waals surface area (Å²) in [6.45, 7) is 1.27. The van der Waals surface area contributed by atoms with Crippen LogP contribution in [0.15, 0.2) is 60.9 Å². The van der Waals surface area contributed by atoms with Gasteiger partial charge in [-0.05, 0) is 42.7 Å². The summed E-state index contributed by atoms with van der Waals surface area (Å²) in [7, 11) is 0. The van der Waals surface area contributed by atoms with Gasteiger partial charge < -0.3 is 10.2 Å². The molecule has 1 aliphatic heterocycles. The van der Waals surface area contributed by atoms with E-state index in [4.69, 9.17) is 0 Å². The zero-order chi connectivity index (χ0) is 21.6. The number of aromatic nitrogens is 3. The number of benzene rings is 2. The van der Waals surface area contributed by atoms with Crippen molar-refractivity contribution in [3.05, 3.63) is 78.1 Å². The first-order chi connectivity index (χ1) is 15.1. The Hall–Kier alpha value is -3.55. The molecule has 160 valence electrons. The van der Waals surface area contributed by atoms with Crippen LogP contribution in [0.2, 0.25) is 0 Å². The molecule has 8 heteroatoms. The van der Waals surface area contributed by atoms with E-state index in [0.29, 0.717) is 18.9 Å². The van der Waals surface area contributed by atoms with Crippen LogP contribution in [0.3, 0.4) is 0 Å². The molecular weight excluding hydrogens is 397 g/mol. The van der Waals surface area contributed by atoms with Gasteiger partial charge in [-0.2, -0.15) is 0 Å². The highest BCUT2D eigenvalue weighted by Gasteiger charge is 2.28. The highest BCUT2D eigenvalue weighted by molar-refractivity contribution is 5.82. The lowest BCUT2D eigenvalue weighted by molar-refractivity contribution is -0.135. The summed E-state index contributed by atoms with van der Waals surface area (Å²) in [5.41, 5.74) is 1.69. The summed E-state index contributed by atoms with van der Waals surface area (Å²) in [5.74, 6) is -0.0950. The van der Waals surface area contributed by atoms with Crippen LogP contribution in [0.25, 0.3) is 5.69 Å². The Morgan fingerprint density at radius 3 is 2.65 bits per heavy atom. The molecule has 2 heterocycles. The van der Waals surface area contributed by atoms with Crippen LogP contribution < -0.4 is 5.32 Å². The number of likely N-dealkylation sites (tertiary alicyclic amines) is 1. The number of piperidine rings is 1. The lowest BCUT2D eigenvalue weighted by Crippen LogP contribution is -2.45. The van der Waals surface area contributed by atoms with E-state index in [0.717, 1.165) is 24.1 Å². The van der Waals surface area contributed by atoms with Crippen LogP contribution in [0.1, 0.15) is 24.2 Å². The minimum Gasteiger partial charge on any atom is -0.348 e. The van der Waals surface area contributed by atoms with Crippen LogP contribution >= 0.6 is 0 Å². The monoisotopic (exact) mass is 421 g/mol. The van der Waals surface area contributed by atoms with E-state index >= 15 is 0 Å². The molecule has 1 N–H and O–H groups in total. The van der Waals surface area contributed by atoms with Gasteiger partial charge in [0.2, 0.25) is 11.8 Å². The topological polar surface area (TPSA) is 80.1 Å². The second-order valence-electron chi connectivity index (χ2n) is 7.65. The third-order valence-electron chi connectivity index (χ3n) is 5.49. The molecule has 0 aliphatic carbocycles. The molecule has 0 spiro atoms. The van der Waals surface area contributed by atoms with E-state index in [2.05, 4.69) is 15.5 Å². The lowest BCUT2D eigenvalue weighted by atomic mass is 9.96. The van der Waals surface area contributed by atoms with Crippen LogP contribution in [0.5, 0.6) is 0 Å². The van der Waals surface area contributed by atoms with Gasteiger partial charge in [0.15, 0.2) is 5.82 Å². The van der Waals surface area contributed by atoms with Crippen molar-refractivity contribution in [1.82, 2.24) is 25.0 Å². The van der Waals surface area contributed by atoms with Gasteiger partial charge in [0, 0.05) is 18.8 Å². The molecule has 0 bridgehead atoms. The first kappa shape index (κ1) is 20.7. The van der Waals surface area contributed by atoms with Crippen molar-refractivity contribution in [2.24, 2.45) is 5.92 Å². The number of hydrogen-bond donors (Lipinski definition) is 1. The van der Waals surface area contributed by atoms with Crippen molar-refractivity contribution in [3.8, 4) is 5.69 Å². The predicted molar refractivity (Wildman–Crippen MR) is 113 cm³/mol. The van der Waals surface area contributed by atoms with Crippen molar-refractivity contribution >= 4 is 11.8 Å². The number of carbonyl (C=O) groups excluding carboxylic acids is 2. The summed E-state index contributed by atoms with van der Waals surface area (Å²) in [4.78, 5) is 27.1. The number of amides is 2. The maximum absolute atomic E-state index is 13.1. The lowest BCUT2D eigenvalue weighted by Gasteiger charge is -2.32. The summed E-state index contributed by atoms with van der Waals surface area (Å²) in [6.07, 6.45) is 3.33. The molecule has 0 radical (unpaired) electrons. The quantitative estimate of drug-likeness (QED) is 0.663. The smallest absolute Gasteiger partial charge is 0.227 e. The second kappa shape index (κ2) is 9.51. The van der Waals surface area contributed by atoms with Gasteiger partial charge in [0.05, 0.1) is 18.9 Å². The Balaban J connectivity index is 1.33. The van der Waals surface area contributed by atoms with E-state index in [1.54, 1.807) is 23.4 Å². The normalized spacial score (nSPS) is 16.2. The van der Waals surface area contributed by atoms with Crippen molar-refractivity contribution in [3.63, 3.8) is 0 Å². The van der Waals surface area contributed by atoms with Gasteiger partial charge in [0.1, 0.15) is 12.1 Å². The van der Waals surface area contributed by atoms with Crippen molar-refractivity contribution in [2.45, 2.75) is 25.8 Å². The number of nitrogens with zero attached hydrogens (tertiary/aromatic N) is 4. The average Bonchev–Trinajstić information content (AvgIpc) is 3.28. The minimum absolute atomic E-state index is 0.0482. The van der Waals surface area contributed by atoms with Gasteiger partial charge in [-0.25, -0.2) is 4.39 Å². The zero-order valence-corrected chi connectivity index (χ0v) is 17.1. The second-order valence-corrected chi connectivity index (χ2v) is 7.65. The molecular formula is C23H24FN5O2. The number of rotatable bonds is 6. The van der Waals surface area contributed by atoms with Crippen LogP contribution in [-0.2, 0) is 22.6 Å². The number of halogens is 1. The molecule has 1 saturated heterocycles. The van der Waals surface area contributed by atoms with Gasteiger partial charge in [-0.3, -0.25) is 14.2 Å². The average molecular weight is 421 g/mol. The van der Waals surface area contributed by atoms with E-state index in [1.165, 1.54) is 12.1 Å². The molecule has 1 aromatic heterocycles. The fourth-order valence-corrected chi connectivity index (χ4v) is 3.80. The van der Waals surface area contributed by atoms with Gasteiger partial charge >= 0.3 is 0 Å². The molecule has 1 aliphatic rings. The third-order valence-corrected chi connectivity index (χ3v) is 5.49. The number of nitrogens with one attached hydrogen (secondary N) is 1. The predicted octanol–water partition coefficient (Wildman–Crippen LogP) is 2.50. The number of para-hydroxylation sites is 1. The Morgan fingerprint density at radius 2 is 1.87 bits per heavy atom. The summed E-state index contributed by atoms with van der Waals surface area (Å²) >= 11 is 0. The van der Waals surface area contributed by atoms with Gasteiger partial charge in [0.25, 0.3) is 0 Å². The van der Waals surface area contributed by atoms with E-state index in [1.807, 2.05) is 34.9 Å². The van der Waals surface area contributed by atoms with Gasteiger partial charge in [-0.15, -0.1) is 10.2 Å². The summed E-state index contributed by atoms with van der Waals surface area (Å²) in [5, 5.41) is 11.0. The molecule has 0 unspecified atom stereocenters. The largest absolute Gasteiger partial charge is 0.348 e. The number of carbonyl (C=O) groups is 2. The molecule has 1 fully saturated rings. The van der Waals surface area contributed by atoms with Crippen LogP contribution in [-0.4, -0.2) is 44.6 Å². The zero-order valence-electron chi connectivity index (χ0n) is 17.1. The minimum atomic E-state index is -0.325. The van der Waals surface area contributed by atoms with Crippen LogP contribution in [0, 0.1) is 11.7 Å². The molecule has 2 aromatic carbocycles. The maximum atomic E-state index is 13.1. The molecule has 7 nitrogen and oxygen atoms in total. The van der Waals surface area contributed by atoms with Crippen molar-refractivity contribution in [2.75, 3.05) is 13.1 Å². The highest BCUT2D eigenvalue weighted by atomic mass is 19.1.